The molecule has 1 fully saturated rings. The second kappa shape index (κ2) is 9.60. The van der Waals surface area contributed by atoms with E-state index in [4.69, 9.17) is 25.8 Å². The van der Waals surface area contributed by atoms with Crippen LogP contribution in [0.25, 0.3) is 0 Å². The average molecular weight is 471 g/mol. The first kappa shape index (κ1) is 22.9. The monoisotopic (exact) mass is 470 g/mol. The van der Waals surface area contributed by atoms with Gasteiger partial charge in [-0.05, 0) is 30.3 Å². The van der Waals surface area contributed by atoms with Gasteiger partial charge < -0.3 is 14.2 Å². The molecule has 0 atom stereocenters. The van der Waals surface area contributed by atoms with E-state index < -0.39 is 33.0 Å². The number of rotatable bonds is 8. The largest absolute Gasteiger partial charge is 0.495 e. The molecule has 0 bridgehead atoms. The highest BCUT2D eigenvalue weighted by Crippen LogP contribution is 2.31. The molecule has 0 aliphatic carbocycles. The molecule has 1 aliphatic heterocycles. The summed E-state index contributed by atoms with van der Waals surface area (Å²) in [4.78, 5) is 22.9. The van der Waals surface area contributed by atoms with E-state index in [2.05, 4.69) is 0 Å². The predicted molar refractivity (Wildman–Crippen MR) is 111 cm³/mol. The predicted octanol–water partition coefficient (Wildman–Crippen LogP) is 2.54. The molecule has 0 saturated carbocycles. The van der Waals surface area contributed by atoms with Gasteiger partial charge >= 0.3 is 5.69 Å². The molecular formula is C19H19ClN2O8S. The first-order chi connectivity index (χ1) is 14.7. The van der Waals surface area contributed by atoms with Gasteiger partial charge in [-0.1, -0.05) is 11.6 Å². The normalized spacial score (nSPS) is 14.8. The minimum Gasteiger partial charge on any atom is -0.495 e. The Morgan fingerprint density at radius 3 is 2.48 bits per heavy atom. The van der Waals surface area contributed by atoms with Crippen molar-refractivity contribution < 1.29 is 32.3 Å². The Kier molecular flexibility index (Phi) is 7.11. The van der Waals surface area contributed by atoms with Gasteiger partial charge in [0.05, 0.1) is 35.2 Å². The van der Waals surface area contributed by atoms with Crippen LogP contribution in [0.15, 0.2) is 41.3 Å². The summed E-state index contributed by atoms with van der Waals surface area (Å²) < 4.78 is 42.2. The van der Waals surface area contributed by atoms with Crippen LogP contribution in [-0.4, -0.2) is 63.4 Å². The topological polar surface area (TPSA) is 125 Å². The Balaban J connectivity index is 1.79. The van der Waals surface area contributed by atoms with Crippen molar-refractivity contribution >= 4 is 33.1 Å². The summed E-state index contributed by atoms with van der Waals surface area (Å²) in [5.74, 6) is -0.297. The second-order valence-electron chi connectivity index (χ2n) is 6.46. The molecule has 0 aromatic heterocycles. The number of nitrogens with zero attached hydrogens (tertiary/aromatic N) is 2. The number of sulfonamides is 1. The Morgan fingerprint density at radius 2 is 1.87 bits per heavy atom. The molecule has 0 amide bonds. The van der Waals surface area contributed by atoms with Crippen molar-refractivity contribution in [1.29, 1.82) is 0 Å². The van der Waals surface area contributed by atoms with Crippen LogP contribution in [0.1, 0.15) is 10.4 Å². The number of Topliss-reactive ketones (excluding diaryl/α,β-unsaturated/α-hetero) is 1. The number of nitro benzene ring substituents is 1. The van der Waals surface area contributed by atoms with E-state index in [-0.39, 0.29) is 47.5 Å². The number of benzene rings is 2. The van der Waals surface area contributed by atoms with Crippen LogP contribution in [0.5, 0.6) is 11.5 Å². The van der Waals surface area contributed by atoms with Crippen molar-refractivity contribution in [2.45, 2.75) is 4.90 Å². The third-order valence-electron chi connectivity index (χ3n) is 4.57. The summed E-state index contributed by atoms with van der Waals surface area (Å²) in [6, 6.07) is 7.71. The smallest absolute Gasteiger partial charge is 0.312 e. The van der Waals surface area contributed by atoms with Crippen molar-refractivity contribution in [3.05, 3.63) is 57.1 Å². The zero-order valence-electron chi connectivity index (χ0n) is 16.4. The van der Waals surface area contributed by atoms with Crippen molar-refractivity contribution in [1.82, 2.24) is 4.31 Å². The van der Waals surface area contributed by atoms with E-state index in [1.165, 1.54) is 41.7 Å². The lowest BCUT2D eigenvalue weighted by atomic mass is 10.1. The molecule has 0 unspecified atom stereocenters. The lowest BCUT2D eigenvalue weighted by Gasteiger charge is -2.26. The number of morpholine rings is 1. The maximum Gasteiger partial charge on any atom is 0.312 e. The van der Waals surface area contributed by atoms with Gasteiger partial charge in [0.15, 0.2) is 18.1 Å². The number of halogens is 1. The third kappa shape index (κ3) is 5.13. The number of nitro groups is 1. The van der Waals surface area contributed by atoms with E-state index in [9.17, 15) is 23.3 Å². The average Bonchev–Trinajstić information content (AvgIpc) is 2.77. The Hall–Kier alpha value is -2.73. The van der Waals surface area contributed by atoms with E-state index in [0.29, 0.717) is 5.75 Å². The summed E-state index contributed by atoms with van der Waals surface area (Å²) in [6.45, 7) is 0.319. The molecule has 2 aromatic carbocycles. The van der Waals surface area contributed by atoms with E-state index in [1.807, 2.05) is 0 Å². The Morgan fingerprint density at radius 1 is 1.19 bits per heavy atom. The molecule has 1 heterocycles. The standard InChI is InChI=1S/C19H19ClN2O8S/c1-28-18-4-2-13(10-15(18)20)17(23)12-30-19-5-3-14(11-16(19)22(24)25)31(26,27)21-6-8-29-9-7-21/h2-5,10-11H,6-9,12H2,1H3. The van der Waals surface area contributed by atoms with Crippen molar-refractivity contribution in [3.8, 4) is 11.5 Å². The van der Waals surface area contributed by atoms with Gasteiger partial charge in [-0.15, -0.1) is 0 Å². The zero-order chi connectivity index (χ0) is 22.6. The highest BCUT2D eigenvalue weighted by molar-refractivity contribution is 7.89. The van der Waals surface area contributed by atoms with Crippen molar-refractivity contribution in [2.24, 2.45) is 0 Å². The lowest BCUT2D eigenvalue weighted by Crippen LogP contribution is -2.40. The van der Waals surface area contributed by atoms with Crippen LogP contribution >= 0.6 is 11.6 Å². The molecule has 0 N–H and O–H groups in total. The fourth-order valence-electron chi connectivity index (χ4n) is 2.92. The second-order valence-corrected chi connectivity index (χ2v) is 8.81. The Bertz CT molecular complexity index is 1100. The van der Waals surface area contributed by atoms with Crippen LogP contribution in [0.2, 0.25) is 5.02 Å². The highest BCUT2D eigenvalue weighted by Gasteiger charge is 2.29. The molecule has 3 rings (SSSR count). The van der Waals surface area contributed by atoms with Gasteiger partial charge in [0, 0.05) is 24.7 Å². The Labute approximate surface area is 183 Å². The van der Waals surface area contributed by atoms with Crippen LogP contribution in [0.3, 0.4) is 0 Å². The molecule has 12 heteroatoms. The first-order valence-electron chi connectivity index (χ1n) is 9.10. The number of hydrogen-bond acceptors (Lipinski definition) is 8. The maximum absolute atomic E-state index is 12.7. The van der Waals surface area contributed by atoms with Gasteiger partial charge in [-0.3, -0.25) is 14.9 Å². The quantitative estimate of drug-likeness (QED) is 0.327. The van der Waals surface area contributed by atoms with E-state index in [1.54, 1.807) is 0 Å². The number of carbonyl (C=O) groups excluding carboxylic acids is 1. The van der Waals surface area contributed by atoms with E-state index >= 15 is 0 Å². The van der Waals surface area contributed by atoms with E-state index in [0.717, 1.165) is 6.07 Å². The highest BCUT2D eigenvalue weighted by atomic mass is 35.5. The summed E-state index contributed by atoms with van der Waals surface area (Å²) in [5.41, 5.74) is -0.324. The summed E-state index contributed by atoms with van der Waals surface area (Å²) in [7, 11) is -2.48. The van der Waals surface area contributed by atoms with Crippen molar-refractivity contribution in [2.75, 3.05) is 40.0 Å². The number of hydrogen-bond donors (Lipinski definition) is 0. The molecule has 0 spiro atoms. The van der Waals surface area contributed by atoms with Gasteiger partial charge in [-0.2, -0.15) is 4.31 Å². The molecule has 1 aliphatic rings. The molecule has 0 radical (unpaired) electrons. The minimum atomic E-state index is -3.92. The SMILES string of the molecule is COc1ccc(C(=O)COc2ccc(S(=O)(=O)N3CCOCC3)cc2[N+](=O)[O-])cc1Cl. The third-order valence-corrected chi connectivity index (χ3v) is 6.76. The molecule has 10 nitrogen and oxygen atoms in total. The van der Waals surface area contributed by atoms with Crippen LogP contribution in [-0.2, 0) is 14.8 Å². The summed E-state index contributed by atoms with van der Waals surface area (Å²) in [6.07, 6.45) is 0. The fraction of sp³-hybridized carbons (Fsp3) is 0.316. The molecular weight excluding hydrogens is 452 g/mol. The number of carbonyl (C=O) groups is 1. The number of methoxy groups -OCH3 is 1. The zero-order valence-corrected chi connectivity index (χ0v) is 18.0. The molecule has 2 aromatic rings. The van der Waals surface area contributed by atoms with Crippen LogP contribution < -0.4 is 9.47 Å². The van der Waals surface area contributed by atoms with Crippen molar-refractivity contribution in [3.63, 3.8) is 0 Å². The van der Waals surface area contributed by atoms with Crippen LogP contribution in [0, 0.1) is 10.1 Å². The number of ketones is 1. The fourth-order valence-corrected chi connectivity index (χ4v) is 4.61. The number of ether oxygens (including phenoxy) is 3. The van der Waals surface area contributed by atoms with Gasteiger partial charge in [0.25, 0.3) is 0 Å². The first-order valence-corrected chi connectivity index (χ1v) is 10.9. The molecule has 166 valence electrons. The van der Waals surface area contributed by atoms with Gasteiger partial charge in [-0.25, -0.2) is 8.42 Å². The van der Waals surface area contributed by atoms with Gasteiger partial charge in [0.2, 0.25) is 10.0 Å². The minimum absolute atomic E-state index is 0.160. The molecule has 31 heavy (non-hydrogen) atoms. The lowest BCUT2D eigenvalue weighted by molar-refractivity contribution is -0.386. The molecule has 1 saturated heterocycles. The summed E-state index contributed by atoms with van der Waals surface area (Å²) in [5, 5.41) is 11.7. The van der Waals surface area contributed by atoms with Gasteiger partial charge in [0.1, 0.15) is 5.75 Å². The van der Waals surface area contributed by atoms with Crippen LogP contribution in [0.4, 0.5) is 5.69 Å². The maximum atomic E-state index is 12.7. The summed E-state index contributed by atoms with van der Waals surface area (Å²) >= 11 is 6.01.